The summed E-state index contributed by atoms with van der Waals surface area (Å²) in [7, 11) is -1.99. The van der Waals surface area contributed by atoms with Crippen molar-refractivity contribution in [2.45, 2.75) is 55.4 Å². The van der Waals surface area contributed by atoms with Gasteiger partial charge in [-0.1, -0.05) is 97.1 Å². The van der Waals surface area contributed by atoms with Crippen molar-refractivity contribution in [1.29, 1.82) is 0 Å². The quantitative estimate of drug-likeness (QED) is 0.154. The third-order valence-electron chi connectivity index (χ3n) is 10.9. The van der Waals surface area contributed by atoms with E-state index in [0.29, 0.717) is 0 Å². The summed E-state index contributed by atoms with van der Waals surface area (Å²) in [5.41, 5.74) is 14.5. The van der Waals surface area contributed by atoms with Crippen molar-refractivity contribution in [3.8, 4) is 11.1 Å². The van der Waals surface area contributed by atoms with E-state index in [9.17, 15) is 0 Å². The van der Waals surface area contributed by atoms with Crippen molar-refractivity contribution in [1.82, 2.24) is 0 Å². The molecule has 0 aliphatic carbocycles. The highest BCUT2D eigenvalue weighted by molar-refractivity contribution is 7.80. The maximum atomic E-state index is 6.57. The minimum absolute atomic E-state index is 0.901. The van der Waals surface area contributed by atoms with Gasteiger partial charge in [-0.3, -0.25) is 0 Å². The van der Waals surface area contributed by atoms with Gasteiger partial charge in [-0.2, -0.15) is 0 Å². The Morgan fingerprint density at radius 1 is 0.327 bits per heavy atom. The number of fused-ring (bicyclic) bond motifs is 2. The van der Waals surface area contributed by atoms with Crippen molar-refractivity contribution in [2.24, 2.45) is 0 Å². The average molecular weight is 715 g/mol. The molecule has 0 fully saturated rings. The molecule has 0 saturated carbocycles. The first kappa shape index (κ1) is 34.4. The monoisotopic (exact) mass is 714 g/mol. The summed E-state index contributed by atoms with van der Waals surface area (Å²) in [6.07, 6.45) is 3.67. The van der Waals surface area contributed by atoms with Crippen molar-refractivity contribution in [2.75, 3.05) is 0 Å². The maximum Gasteiger partial charge on any atom is 0.142 e. The molecule has 0 N–H and O–H groups in total. The van der Waals surface area contributed by atoms with Crippen molar-refractivity contribution >= 4 is 69.6 Å². The van der Waals surface area contributed by atoms with E-state index in [4.69, 9.17) is 8.83 Å². The molecule has 0 atom stereocenters. The first-order chi connectivity index (χ1) is 25.1. The fraction of sp³-hybridized carbons (Fsp3) is 0.167. The van der Waals surface area contributed by atoms with Gasteiger partial charge in [-0.25, -0.2) is 0 Å². The number of furan rings is 2. The van der Waals surface area contributed by atoms with E-state index < -0.39 is 15.8 Å². The van der Waals surface area contributed by atoms with Crippen LogP contribution in [0.2, 0.25) is 0 Å². The summed E-state index contributed by atoms with van der Waals surface area (Å²) in [5.74, 6) is 0. The second-order valence-electron chi connectivity index (χ2n) is 14.3. The highest BCUT2D eigenvalue weighted by atomic mass is 31.1. The lowest BCUT2D eigenvalue weighted by molar-refractivity contribution is 0.613. The lowest BCUT2D eigenvalue weighted by Gasteiger charge is -2.27. The molecule has 6 aromatic carbocycles. The number of benzene rings is 6. The first-order valence-electron chi connectivity index (χ1n) is 18.0. The standard InChI is InChI=1S/C48H44O2P2/c1-29-9-15-39(25-33(29)5)51(40-16-10-30(2)34(6)26-40)43-19-13-37-21-23-49-47(37)45(43)46-44(20-14-38-22-24-50-48(38)46)52(41-17-11-31(3)35(7)27-41)42-18-12-32(4)36(8)28-42/h9-28H,1-8H3. The van der Waals surface area contributed by atoms with Crippen molar-refractivity contribution in [3.63, 3.8) is 0 Å². The Balaban J connectivity index is 1.51. The van der Waals surface area contributed by atoms with Gasteiger partial charge in [-0.15, -0.1) is 0 Å². The largest absolute Gasteiger partial charge is 0.464 e. The molecule has 0 aliphatic rings. The fourth-order valence-corrected chi connectivity index (χ4v) is 12.4. The number of aryl methyl sites for hydroxylation is 8. The summed E-state index contributed by atoms with van der Waals surface area (Å²) in [6, 6.07) is 41.5. The van der Waals surface area contributed by atoms with Gasteiger partial charge < -0.3 is 8.83 Å². The van der Waals surface area contributed by atoms with E-state index in [1.807, 2.05) is 12.5 Å². The molecular formula is C48H44O2P2. The number of hydrogen-bond donors (Lipinski definition) is 0. The highest BCUT2D eigenvalue weighted by Gasteiger charge is 2.30. The maximum absolute atomic E-state index is 6.57. The fourth-order valence-electron chi connectivity index (χ4n) is 7.21. The molecule has 258 valence electrons. The lowest BCUT2D eigenvalue weighted by Crippen LogP contribution is -2.26. The molecule has 0 unspecified atom stereocenters. The summed E-state index contributed by atoms with van der Waals surface area (Å²) < 4.78 is 13.1. The molecule has 4 heteroatoms. The van der Waals surface area contributed by atoms with E-state index >= 15 is 0 Å². The molecule has 2 heterocycles. The van der Waals surface area contributed by atoms with Crippen LogP contribution in [0, 0.1) is 55.4 Å². The molecule has 2 nitrogen and oxygen atoms in total. The van der Waals surface area contributed by atoms with Gasteiger partial charge in [0.2, 0.25) is 0 Å². The Morgan fingerprint density at radius 2 is 0.635 bits per heavy atom. The van der Waals surface area contributed by atoms with Crippen molar-refractivity contribution < 1.29 is 8.83 Å². The molecule has 0 bridgehead atoms. The molecule has 2 aromatic heterocycles. The third kappa shape index (κ3) is 6.03. The van der Waals surface area contributed by atoms with Crippen LogP contribution < -0.4 is 31.8 Å². The zero-order valence-electron chi connectivity index (χ0n) is 31.3. The minimum atomic E-state index is -0.996. The van der Waals surface area contributed by atoms with Crippen LogP contribution in [0.15, 0.2) is 131 Å². The lowest BCUT2D eigenvalue weighted by atomic mass is 10.0. The van der Waals surface area contributed by atoms with E-state index in [0.717, 1.165) is 33.1 Å². The highest BCUT2D eigenvalue weighted by Crippen LogP contribution is 2.46. The molecule has 0 amide bonds. The Hall–Kier alpha value is -4.74. The van der Waals surface area contributed by atoms with Gasteiger partial charge in [0, 0.05) is 21.9 Å². The SMILES string of the molecule is Cc1ccc(P(c2ccc(C)c(C)c2)c2ccc3ccoc3c2-c2c(P(c3ccc(C)c(C)c3)c3ccc(C)c(C)c3)ccc3ccoc23)cc1C. The number of hydrogen-bond acceptors (Lipinski definition) is 2. The minimum Gasteiger partial charge on any atom is -0.464 e. The molecule has 0 saturated heterocycles. The third-order valence-corrected chi connectivity index (χ3v) is 15.8. The van der Waals surface area contributed by atoms with E-state index in [1.54, 1.807) is 0 Å². The predicted molar refractivity (Wildman–Crippen MR) is 227 cm³/mol. The molecule has 8 aromatic rings. The Morgan fingerprint density at radius 3 is 0.923 bits per heavy atom. The molecule has 8 rings (SSSR count). The first-order valence-corrected chi connectivity index (χ1v) is 20.7. The van der Waals surface area contributed by atoms with Gasteiger partial charge in [0.1, 0.15) is 11.2 Å². The Kier molecular flexibility index (Phi) is 9.03. The zero-order valence-corrected chi connectivity index (χ0v) is 33.0. The van der Waals surface area contributed by atoms with Crippen molar-refractivity contribution in [3.05, 3.63) is 166 Å². The van der Waals surface area contributed by atoms with Gasteiger partial charge in [0.15, 0.2) is 0 Å². The molecule has 0 radical (unpaired) electrons. The van der Waals surface area contributed by atoms with Crippen LogP contribution in [-0.2, 0) is 0 Å². The van der Waals surface area contributed by atoms with Crippen LogP contribution in [0.1, 0.15) is 44.5 Å². The molecule has 0 aliphatic heterocycles. The van der Waals surface area contributed by atoms with Crippen LogP contribution in [-0.4, -0.2) is 0 Å². The second kappa shape index (κ2) is 13.7. The molecule has 0 spiro atoms. The second-order valence-corrected chi connectivity index (χ2v) is 18.7. The summed E-state index contributed by atoms with van der Waals surface area (Å²) in [6.45, 7) is 17.7. The van der Waals surface area contributed by atoms with E-state index in [1.165, 1.54) is 76.3 Å². The van der Waals surface area contributed by atoms with Crippen LogP contribution in [0.4, 0.5) is 0 Å². The van der Waals surface area contributed by atoms with Gasteiger partial charge in [0.05, 0.1) is 12.5 Å². The van der Waals surface area contributed by atoms with Gasteiger partial charge in [-0.05, 0) is 160 Å². The molecular weight excluding hydrogens is 670 g/mol. The van der Waals surface area contributed by atoms with Crippen LogP contribution in [0.25, 0.3) is 33.1 Å². The zero-order chi connectivity index (χ0) is 36.3. The van der Waals surface area contributed by atoms with Crippen LogP contribution in [0.3, 0.4) is 0 Å². The van der Waals surface area contributed by atoms with Gasteiger partial charge in [0.25, 0.3) is 0 Å². The molecule has 52 heavy (non-hydrogen) atoms. The van der Waals surface area contributed by atoms with E-state index in [2.05, 4.69) is 165 Å². The van der Waals surface area contributed by atoms with Gasteiger partial charge >= 0.3 is 0 Å². The van der Waals surface area contributed by atoms with E-state index in [-0.39, 0.29) is 0 Å². The van der Waals surface area contributed by atoms with Crippen LogP contribution >= 0.6 is 15.8 Å². The Bertz CT molecular complexity index is 2350. The normalized spacial score (nSPS) is 11.8. The van der Waals surface area contributed by atoms with Crippen LogP contribution in [0.5, 0.6) is 0 Å². The topological polar surface area (TPSA) is 26.3 Å². The predicted octanol–water partition coefficient (Wildman–Crippen LogP) is 10.8. The average Bonchev–Trinajstić information content (AvgIpc) is 3.81. The summed E-state index contributed by atoms with van der Waals surface area (Å²) in [4.78, 5) is 0. The Labute approximate surface area is 310 Å². The summed E-state index contributed by atoms with van der Waals surface area (Å²) >= 11 is 0. The number of rotatable bonds is 7. The summed E-state index contributed by atoms with van der Waals surface area (Å²) in [5, 5.41) is 10.0. The smallest absolute Gasteiger partial charge is 0.142 e.